The van der Waals surface area contributed by atoms with Crippen LogP contribution in [0.5, 0.6) is 0 Å². The Bertz CT molecular complexity index is 382. The Balaban J connectivity index is 1.88. The zero-order valence-corrected chi connectivity index (χ0v) is 12.7. The molecular weight excluding hydrogens is 270 g/mol. The Morgan fingerprint density at radius 3 is 2.10 bits per heavy atom. The van der Waals surface area contributed by atoms with Crippen LogP contribution in [0, 0.1) is 10.8 Å². The maximum Gasteiger partial charge on any atom is 0.310 e. The average molecular weight is 297 g/mol. The van der Waals surface area contributed by atoms with E-state index in [0.29, 0.717) is 19.4 Å². The fourth-order valence-electron chi connectivity index (χ4n) is 3.46. The maximum atomic E-state index is 12.2. The van der Waals surface area contributed by atoms with E-state index >= 15 is 0 Å². The fraction of sp³-hybridized carbons (Fsp3) is 0.875. The number of hydrogen-bond donors (Lipinski definition) is 3. The number of hydrogen-bond acceptors (Lipinski definition) is 3. The summed E-state index contributed by atoms with van der Waals surface area (Å²) in [5.74, 6) is -0.973. The van der Waals surface area contributed by atoms with E-state index in [1.54, 1.807) is 0 Å². The maximum absolute atomic E-state index is 12.2. The van der Waals surface area contributed by atoms with E-state index < -0.39 is 11.4 Å². The van der Waals surface area contributed by atoms with Crippen molar-refractivity contribution < 1.29 is 19.8 Å². The van der Waals surface area contributed by atoms with Crippen molar-refractivity contribution in [1.29, 1.82) is 0 Å². The van der Waals surface area contributed by atoms with Crippen molar-refractivity contribution in [2.75, 3.05) is 13.2 Å². The summed E-state index contributed by atoms with van der Waals surface area (Å²) in [5.41, 5.74) is -0.793. The SMILES string of the molecule is O=C(CC1(C(=O)O)CCCCCC1)NCC1(CCO)CC1. The van der Waals surface area contributed by atoms with Gasteiger partial charge in [0.05, 0.1) is 5.41 Å². The molecule has 0 saturated heterocycles. The lowest BCUT2D eigenvalue weighted by Gasteiger charge is -2.27. The molecule has 2 aliphatic rings. The van der Waals surface area contributed by atoms with Gasteiger partial charge in [-0.05, 0) is 37.5 Å². The zero-order chi connectivity index (χ0) is 15.3. The summed E-state index contributed by atoms with van der Waals surface area (Å²) < 4.78 is 0. The summed E-state index contributed by atoms with van der Waals surface area (Å²) in [6, 6.07) is 0. The molecule has 5 nitrogen and oxygen atoms in total. The molecule has 120 valence electrons. The van der Waals surface area contributed by atoms with Crippen LogP contribution in [-0.2, 0) is 9.59 Å². The second kappa shape index (κ2) is 6.77. The van der Waals surface area contributed by atoms with E-state index in [4.69, 9.17) is 5.11 Å². The number of carbonyl (C=O) groups excluding carboxylic acids is 1. The number of rotatable bonds is 7. The minimum absolute atomic E-state index is 0.0737. The third-order valence-corrected chi connectivity index (χ3v) is 5.27. The molecule has 0 aliphatic heterocycles. The highest BCUT2D eigenvalue weighted by molar-refractivity contribution is 5.85. The summed E-state index contributed by atoms with van der Waals surface area (Å²) in [4.78, 5) is 23.8. The van der Waals surface area contributed by atoms with E-state index in [-0.39, 0.29) is 24.3 Å². The summed E-state index contributed by atoms with van der Waals surface area (Å²) in [6.07, 6.45) is 8.04. The van der Waals surface area contributed by atoms with E-state index in [9.17, 15) is 14.7 Å². The van der Waals surface area contributed by atoms with Crippen molar-refractivity contribution in [3.05, 3.63) is 0 Å². The Kier molecular flexibility index (Phi) is 5.25. The molecule has 0 aromatic rings. The van der Waals surface area contributed by atoms with Crippen LogP contribution in [0.1, 0.15) is 64.2 Å². The van der Waals surface area contributed by atoms with Gasteiger partial charge in [0.2, 0.25) is 5.91 Å². The van der Waals surface area contributed by atoms with Gasteiger partial charge < -0.3 is 15.5 Å². The Morgan fingerprint density at radius 1 is 1.00 bits per heavy atom. The van der Waals surface area contributed by atoms with Gasteiger partial charge in [0.15, 0.2) is 0 Å². The number of carboxylic acids is 1. The topological polar surface area (TPSA) is 86.6 Å². The first-order chi connectivity index (χ1) is 10.0. The van der Waals surface area contributed by atoms with Crippen molar-refractivity contribution in [2.24, 2.45) is 10.8 Å². The van der Waals surface area contributed by atoms with E-state index in [1.165, 1.54) is 0 Å². The van der Waals surface area contributed by atoms with Crippen molar-refractivity contribution in [3.8, 4) is 0 Å². The smallest absolute Gasteiger partial charge is 0.310 e. The second-order valence-corrected chi connectivity index (χ2v) is 6.93. The van der Waals surface area contributed by atoms with Gasteiger partial charge in [0.25, 0.3) is 0 Å². The molecule has 0 spiro atoms. The highest BCUT2D eigenvalue weighted by atomic mass is 16.4. The molecule has 0 bridgehead atoms. The summed E-state index contributed by atoms with van der Waals surface area (Å²) in [7, 11) is 0. The minimum atomic E-state index is -0.867. The van der Waals surface area contributed by atoms with Gasteiger partial charge in [-0.3, -0.25) is 9.59 Å². The first-order valence-corrected chi connectivity index (χ1v) is 8.13. The lowest BCUT2D eigenvalue weighted by molar-refractivity contribution is -0.152. The highest BCUT2D eigenvalue weighted by Gasteiger charge is 2.43. The van der Waals surface area contributed by atoms with Crippen LogP contribution in [0.4, 0.5) is 0 Å². The van der Waals surface area contributed by atoms with Crippen molar-refractivity contribution >= 4 is 11.9 Å². The largest absolute Gasteiger partial charge is 0.481 e. The monoisotopic (exact) mass is 297 g/mol. The number of carbonyl (C=O) groups is 2. The predicted octanol–water partition coefficient (Wildman–Crippen LogP) is 2.08. The Labute approximate surface area is 126 Å². The van der Waals surface area contributed by atoms with Crippen molar-refractivity contribution in [1.82, 2.24) is 5.32 Å². The molecule has 0 atom stereocenters. The number of nitrogens with one attached hydrogen (secondary N) is 1. The van der Waals surface area contributed by atoms with E-state index in [2.05, 4.69) is 5.32 Å². The molecule has 2 fully saturated rings. The molecular formula is C16H27NO4. The van der Waals surface area contributed by atoms with Gasteiger partial charge in [-0.1, -0.05) is 25.7 Å². The molecule has 2 aliphatic carbocycles. The lowest BCUT2D eigenvalue weighted by Crippen LogP contribution is -2.39. The summed E-state index contributed by atoms with van der Waals surface area (Å²) >= 11 is 0. The fourth-order valence-corrected chi connectivity index (χ4v) is 3.46. The molecule has 0 unspecified atom stereocenters. The summed E-state index contributed by atoms with van der Waals surface area (Å²) in [6.45, 7) is 0.719. The van der Waals surface area contributed by atoms with Crippen LogP contribution in [-0.4, -0.2) is 35.2 Å². The van der Waals surface area contributed by atoms with Crippen LogP contribution in [0.2, 0.25) is 0 Å². The molecule has 0 aromatic carbocycles. The first kappa shape index (κ1) is 16.3. The number of carboxylic acid groups (broad SMARTS) is 1. The lowest BCUT2D eigenvalue weighted by atomic mass is 9.77. The molecule has 0 heterocycles. The van der Waals surface area contributed by atoms with Gasteiger partial charge in [0, 0.05) is 19.6 Å². The molecule has 1 amide bonds. The molecule has 0 aromatic heterocycles. The van der Waals surface area contributed by atoms with Gasteiger partial charge in [0.1, 0.15) is 0 Å². The second-order valence-electron chi connectivity index (χ2n) is 6.93. The molecule has 0 radical (unpaired) electrons. The molecule has 2 rings (SSSR count). The third kappa shape index (κ3) is 4.19. The van der Waals surface area contributed by atoms with Gasteiger partial charge in [-0.15, -0.1) is 0 Å². The molecule has 21 heavy (non-hydrogen) atoms. The highest BCUT2D eigenvalue weighted by Crippen LogP contribution is 2.48. The van der Waals surface area contributed by atoms with Crippen LogP contribution < -0.4 is 5.32 Å². The number of amides is 1. The number of aliphatic hydroxyl groups is 1. The molecule has 5 heteroatoms. The van der Waals surface area contributed by atoms with E-state index in [0.717, 1.165) is 44.9 Å². The average Bonchev–Trinajstić information content (AvgIpc) is 3.22. The molecule has 2 saturated carbocycles. The van der Waals surface area contributed by atoms with Crippen LogP contribution in [0.3, 0.4) is 0 Å². The Morgan fingerprint density at radius 2 is 1.62 bits per heavy atom. The number of aliphatic hydroxyl groups excluding tert-OH is 1. The zero-order valence-electron chi connectivity index (χ0n) is 12.7. The van der Waals surface area contributed by atoms with Crippen LogP contribution in [0.25, 0.3) is 0 Å². The van der Waals surface area contributed by atoms with Crippen LogP contribution >= 0.6 is 0 Å². The van der Waals surface area contributed by atoms with E-state index in [1.807, 2.05) is 0 Å². The van der Waals surface area contributed by atoms with Gasteiger partial charge in [-0.2, -0.15) is 0 Å². The van der Waals surface area contributed by atoms with Gasteiger partial charge in [-0.25, -0.2) is 0 Å². The van der Waals surface area contributed by atoms with Crippen molar-refractivity contribution in [3.63, 3.8) is 0 Å². The third-order valence-electron chi connectivity index (χ3n) is 5.27. The summed E-state index contributed by atoms with van der Waals surface area (Å²) in [5, 5.41) is 21.5. The van der Waals surface area contributed by atoms with Crippen molar-refractivity contribution in [2.45, 2.75) is 64.2 Å². The molecule has 3 N–H and O–H groups in total. The first-order valence-electron chi connectivity index (χ1n) is 8.13. The quantitative estimate of drug-likeness (QED) is 0.628. The van der Waals surface area contributed by atoms with Gasteiger partial charge >= 0.3 is 5.97 Å². The van der Waals surface area contributed by atoms with Crippen LogP contribution in [0.15, 0.2) is 0 Å². The predicted molar refractivity (Wildman–Crippen MR) is 78.8 cm³/mol. The minimum Gasteiger partial charge on any atom is -0.481 e. The Hall–Kier alpha value is -1.10. The standard InChI is InChI=1S/C16H27NO4/c18-10-9-15(7-8-15)12-17-13(19)11-16(14(20)21)5-3-1-2-4-6-16/h18H,1-12H2,(H,17,19)(H,20,21). The normalized spacial score (nSPS) is 23.1. The number of aliphatic carboxylic acids is 1.